The summed E-state index contributed by atoms with van der Waals surface area (Å²) in [5.74, 6) is 1.62. The zero-order chi connectivity index (χ0) is 28.2. The van der Waals surface area contributed by atoms with Gasteiger partial charge in [0, 0.05) is 18.5 Å². The number of hydrogen-bond acceptors (Lipinski definition) is 11. The van der Waals surface area contributed by atoms with Crippen LogP contribution in [0.1, 0.15) is 24.4 Å². The Morgan fingerprint density at radius 2 is 1.56 bits per heavy atom. The van der Waals surface area contributed by atoms with Crippen molar-refractivity contribution >= 4 is 16.0 Å². The minimum atomic E-state index is -4.08. The number of methoxy groups -OCH3 is 3. The number of rotatable bonds is 11. The van der Waals surface area contributed by atoms with Gasteiger partial charge in [0.25, 0.3) is 0 Å². The maximum Gasteiger partial charge on any atom is 0.243 e. The van der Waals surface area contributed by atoms with Crippen LogP contribution in [-0.4, -0.2) is 71.8 Å². The lowest BCUT2D eigenvalue weighted by atomic mass is 10.2. The van der Waals surface area contributed by atoms with Crippen LogP contribution < -0.4 is 24.2 Å². The van der Waals surface area contributed by atoms with E-state index in [1.807, 2.05) is 6.92 Å². The second kappa shape index (κ2) is 11.6. The number of anilines is 1. The van der Waals surface area contributed by atoms with E-state index in [0.717, 1.165) is 5.56 Å². The third-order valence-corrected chi connectivity index (χ3v) is 7.75. The summed E-state index contributed by atoms with van der Waals surface area (Å²) in [5, 5.41) is 10.5. The first-order valence-electron chi connectivity index (χ1n) is 11.9. The largest absolute Gasteiger partial charge is 0.494 e. The highest BCUT2D eigenvalue weighted by Gasteiger charge is 2.34. The van der Waals surface area contributed by atoms with Gasteiger partial charge in [-0.3, -0.25) is 9.29 Å². The lowest BCUT2D eigenvalue weighted by Crippen LogP contribution is -2.38. The van der Waals surface area contributed by atoms with Gasteiger partial charge in [-0.25, -0.2) is 23.4 Å². The van der Waals surface area contributed by atoms with Crippen LogP contribution in [0.15, 0.2) is 48.8 Å². The van der Waals surface area contributed by atoms with Crippen LogP contribution in [0.3, 0.4) is 0 Å². The van der Waals surface area contributed by atoms with Crippen molar-refractivity contribution < 1.29 is 22.6 Å². The zero-order valence-corrected chi connectivity index (χ0v) is 23.2. The zero-order valence-electron chi connectivity index (χ0n) is 22.4. The summed E-state index contributed by atoms with van der Waals surface area (Å²) in [6.45, 7) is 3.41. The van der Waals surface area contributed by atoms with Crippen LogP contribution in [0.4, 0.5) is 5.95 Å². The van der Waals surface area contributed by atoms with Crippen LogP contribution in [0.25, 0.3) is 17.2 Å². The molecule has 4 rings (SSSR count). The average molecular weight is 555 g/mol. The topological polar surface area (TPSA) is 155 Å². The van der Waals surface area contributed by atoms with E-state index < -0.39 is 21.3 Å². The number of pyridine rings is 1. The molecular formula is C25H30N8O5S. The quantitative estimate of drug-likeness (QED) is 0.281. The third kappa shape index (κ3) is 5.61. The molecule has 3 heterocycles. The van der Waals surface area contributed by atoms with E-state index in [-0.39, 0.29) is 11.8 Å². The fourth-order valence-electron chi connectivity index (χ4n) is 3.97. The molecule has 1 aromatic carbocycles. The summed E-state index contributed by atoms with van der Waals surface area (Å²) in [7, 11) is 2.06. The normalized spacial score (nSPS) is 13.0. The molecule has 0 saturated carbocycles. The minimum Gasteiger partial charge on any atom is -0.494 e. The number of sulfonamides is 1. The highest BCUT2D eigenvalue weighted by atomic mass is 32.2. The molecule has 0 fully saturated rings. The fraction of sp³-hybridized carbons (Fsp3) is 0.320. The molecule has 0 aliphatic carbocycles. The van der Waals surface area contributed by atoms with Crippen molar-refractivity contribution in [2.24, 2.45) is 0 Å². The highest BCUT2D eigenvalue weighted by Crippen LogP contribution is 2.38. The lowest BCUT2D eigenvalue weighted by Gasteiger charge is -2.23. The standard InChI is InChI=1S/C25H30N8O5S/c1-15-13-27-23(28-14-15)21(26-3)16(2)39(34,35)32-25-31-30-24(17-9-7-12-20(29-17)38-6)33(25)22-18(36-4)10-8-11-19(22)37-5/h7-14,16,21,26H,1-6H3,(H,31,32)/t16-,21+/m1/s1. The summed E-state index contributed by atoms with van der Waals surface area (Å²) < 4.78 is 47.9. The molecule has 0 saturated heterocycles. The molecule has 0 spiro atoms. The first-order chi connectivity index (χ1) is 18.7. The maximum atomic E-state index is 13.7. The van der Waals surface area contributed by atoms with E-state index in [0.29, 0.717) is 34.6 Å². The van der Waals surface area contributed by atoms with E-state index in [2.05, 4.69) is 35.2 Å². The third-order valence-electron chi connectivity index (χ3n) is 6.03. The van der Waals surface area contributed by atoms with Gasteiger partial charge in [0.2, 0.25) is 21.9 Å². The molecule has 4 aromatic rings. The lowest BCUT2D eigenvalue weighted by molar-refractivity contribution is 0.391. The van der Waals surface area contributed by atoms with Crippen molar-refractivity contribution in [1.29, 1.82) is 0 Å². The molecular weight excluding hydrogens is 524 g/mol. The monoisotopic (exact) mass is 554 g/mol. The van der Waals surface area contributed by atoms with Crippen molar-refractivity contribution in [1.82, 2.24) is 35.0 Å². The number of hydrogen-bond donors (Lipinski definition) is 2. The van der Waals surface area contributed by atoms with Gasteiger partial charge in [-0.2, -0.15) is 0 Å². The molecule has 2 atom stereocenters. The molecule has 3 aromatic heterocycles. The number of aromatic nitrogens is 6. The van der Waals surface area contributed by atoms with Crippen molar-refractivity contribution in [2.75, 3.05) is 33.1 Å². The molecule has 0 radical (unpaired) electrons. The second-order valence-electron chi connectivity index (χ2n) is 8.50. The van der Waals surface area contributed by atoms with Gasteiger partial charge >= 0.3 is 0 Å². The van der Waals surface area contributed by atoms with E-state index in [9.17, 15) is 8.42 Å². The summed E-state index contributed by atoms with van der Waals surface area (Å²) in [5.41, 5.74) is 1.62. The van der Waals surface area contributed by atoms with Gasteiger partial charge in [-0.15, -0.1) is 10.2 Å². The predicted octanol–water partition coefficient (Wildman–Crippen LogP) is 2.54. The molecule has 206 valence electrons. The molecule has 2 N–H and O–H groups in total. The first kappa shape index (κ1) is 27.7. The number of para-hydroxylation sites is 1. The van der Waals surface area contributed by atoms with E-state index in [4.69, 9.17) is 14.2 Å². The van der Waals surface area contributed by atoms with Gasteiger partial charge in [-0.05, 0) is 44.7 Å². The molecule has 14 heteroatoms. The Balaban J connectivity index is 1.85. The first-order valence-corrected chi connectivity index (χ1v) is 13.4. The van der Waals surface area contributed by atoms with Crippen LogP contribution in [-0.2, 0) is 10.0 Å². The Kier molecular flexibility index (Phi) is 8.26. The number of nitrogens with one attached hydrogen (secondary N) is 2. The number of aryl methyl sites for hydroxylation is 1. The molecule has 13 nitrogen and oxygen atoms in total. The molecule has 0 unspecified atom stereocenters. The van der Waals surface area contributed by atoms with Gasteiger partial charge in [0.1, 0.15) is 34.0 Å². The van der Waals surface area contributed by atoms with Crippen molar-refractivity contribution in [2.45, 2.75) is 25.1 Å². The fourth-order valence-corrected chi connectivity index (χ4v) is 5.16. The number of benzene rings is 1. The van der Waals surface area contributed by atoms with Gasteiger partial charge < -0.3 is 19.5 Å². The Hall–Kier alpha value is -4.30. The maximum absolute atomic E-state index is 13.7. The van der Waals surface area contributed by atoms with E-state index >= 15 is 0 Å². The Labute approximate surface area is 226 Å². The molecule has 0 bridgehead atoms. The van der Waals surface area contributed by atoms with Gasteiger partial charge in [0.15, 0.2) is 5.82 Å². The molecule has 0 aliphatic heterocycles. The Morgan fingerprint density at radius 3 is 2.15 bits per heavy atom. The smallest absolute Gasteiger partial charge is 0.243 e. The summed E-state index contributed by atoms with van der Waals surface area (Å²) in [6.07, 6.45) is 3.27. The Bertz CT molecular complexity index is 1520. The van der Waals surface area contributed by atoms with Gasteiger partial charge in [0.05, 0.1) is 27.4 Å². The molecule has 0 amide bonds. The second-order valence-corrected chi connectivity index (χ2v) is 10.5. The Morgan fingerprint density at radius 1 is 0.923 bits per heavy atom. The highest BCUT2D eigenvalue weighted by molar-refractivity contribution is 7.93. The minimum absolute atomic E-state index is 0.0936. The van der Waals surface area contributed by atoms with E-state index in [1.54, 1.807) is 62.8 Å². The van der Waals surface area contributed by atoms with Crippen LogP contribution in [0.2, 0.25) is 0 Å². The predicted molar refractivity (Wildman–Crippen MR) is 145 cm³/mol. The van der Waals surface area contributed by atoms with Crippen molar-refractivity contribution in [3.63, 3.8) is 0 Å². The summed E-state index contributed by atoms with van der Waals surface area (Å²) in [6, 6.07) is 9.60. The van der Waals surface area contributed by atoms with Crippen LogP contribution >= 0.6 is 0 Å². The van der Waals surface area contributed by atoms with Gasteiger partial charge in [-0.1, -0.05) is 12.1 Å². The number of ether oxygens (including phenoxy) is 3. The SMILES string of the molecule is CN[C@H](c1ncc(C)cn1)[C@@H](C)S(=O)(=O)Nc1nnc(-c2cccc(OC)n2)n1-c1c(OC)cccc1OC. The molecule has 0 aliphatic rings. The summed E-state index contributed by atoms with van der Waals surface area (Å²) in [4.78, 5) is 13.1. The molecule has 39 heavy (non-hydrogen) atoms. The van der Waals surface area contributed by atoms with Crippen LogP contribution in [0, 0.1) is 6.92 Å². The van der Waals surface area contributed by atoms with Crippen molar-refractivity contribution in [3.05, 3.63) is 60.2 Å². The average Bonchev–Trinajstić information content (AvgIpc) is 3.35. The van der Waals surface area contributed by atoms with E-state index in [1.165, 1.54) is 25.9 Å². The van der Waals surface area contributed by atoms with Crippen molar-refractivity contribution in [3.8, 4) is 34.6 Å². The summed E-state index contributed by atoms with van der Waals surface area (Å²) >= 11 is 0. The van der Waals surface area contributed by atoms with Crippen LogP contribution in [0.5, 0.6) is 17.4 Å². The number of nitrogens with zero attached hydrogens (tertiary/aromatic N) is 6.